The Kier molecular flexibility index (Phi) is 49.7. The fraction of sp³-hybridized carbons (Fsp3) is 0.945. The second kappa shape index (κ2) is 51.0. The minimum absolute atomic E-state index is 0.0629. The first-order valence-electron chi connectivity index (χ1n) is 27.5. The largest absolute Gasteiger partial charge is 0.462 e. The summed E-state index contributed by atoms with van der Waals surface area (Å²) in [6.07, 6.45) is 55.7. The molecule has 0 amide bonds. The van der Waals surface area contributed by atoms with Crippen molar-refractivity contribution in [2.75, 3.05) is 13.2 Å². The molecule has 0 aromatic carbocycles. The van der Waals surface area contributed by atoms with E-state index in [1.165, 1.54) is 212 Å². The molecule has 0 aliphatic heterocycles. The highest BCUT2D eigenvalue weighted by molar-refractivity contribution is 5.71. The molecule has 1 atom stereocenters. The van der Waals surface area contributed by atoms with Gasteiger partial charge in [-0.15, -0.1) is 0 Å². The summed E-state index contributed by atoms with van der Waals surface area (Å²) < 4.78 is 16.7. The van der Waals surface area contributed by atoms with Crippen molar-refractivity contribution >= 4 is 17.9 Å². The monoisotopic (exact) mass is 863 g/mol. The SMILES string of the molecule is CCCCCCCCCCCCCCCCCCCCCCCCC(=O)OCC(COC(=O)CCCCCCC)OC(=O)CCCCCCCCCCCCCCCCCC. The van der Waals surface area contributed by atoms with Gasteiger partial charge in [0.2, 0.25) is 0 Å². The summed E-state index contributed by atoms with van der Waals surface area (Å²) >= 11 is 0. The summed E-state index contributed by atoms with van der Waals surface area (Å²) in [6.45, 7) is 6.61. The smallest absolute Gasteiger partial charge is 0.306 e. The van der Waals surface area contributed by atoms with Crippen molar-refractivity contribution in [3.63, 3.8) is 0 Å². The summed E-state index contributed by atoms with van der Waals surface area (Å²) in [5.74, 6) is -0.854. The van der Waals surface area contributed by atoms with Crippen LogP contribution in [0.5, 0.6) is 0 Å². The van der Waals surface area contributed by atoms with Gasteiger partial charge in [-0.3, -0.25) is 14.4 Å². The van der Waals surface area contributed by atoms with Crippen LogP contribution in [-0.4, -0.2) is 37.2 Å². The summed E-state index contributed by atoms with van der Waals surface area (Å²) in [4.78, 5) is 37.7. The average molecular weight is 863 g/mol. The van der Waals surface area contributed by atoms with Gasteiger partial charge in [0.25, 0.3) is 0 Å². The third-order valence-electron chi connectivity index (χ3n) is 12.6. The van der Waals surface area contributed by atoms with Crippen molar-refractivity contribution in [3.05, 3.63) is 0 Å². The first-order chi connectivity index (χ1) is 30.0. The Morgan fingerprint density at radius 1 is 0.262 bits per heavy atom. The molecule has 0 aromatic rings. The molecule has 61 heavy (non-hydrogen) atoms. The quantitative estimate of drug-likeness (QED) is 0.0344. The van der Waals surface area contributed by atoms with Gasteiger partial charge in [-0.25, -0.2) is 0 Å². The summed E-state index contributed by atoms with van der Waals surface area (Å²) in [7, 11) is 0. The molecular formula is C55H106O6. The highest BCUT2D eigenvalue weighted by Gasteiger charge is 2.19. The lowest BCUT2D eigenvalue weighted by molar-refractivity contribution is -0.167. The van der Waals surface area contributed by atoms with Gasteiger partial charge in [-0.05, 0) is 19.3 Å². The summed E-state index contributed by atoms with van der Waals surface area (Å²) in [5, 5.41) is 0. The molecule has 0 aromatic heterocycles. The molecule has 0 saturated carbocycles. The molecule has 0 fully saturated rings. The number of carbonyl (C=O) groups excluding carboxylic acids is 3. The molecule has 0 spiro atoms. The van der Waals surface area contributed by atoms with E-state index in [1.807, 2.05) is 0 Å². The van der Waals surface area contributed by atoms with E-state index in [4.69, 9.17) is 14.2 Å². The summed E-state index contributed by atoms with van der Waals surface area (Å²) in [5.41, 5.74) is 0. The molecule has 0 heterocycles. The Morgan fingerprint density at radius 3 is 0.656 bits per heavy atom. The zero-order chi connectivity index (χ0) is 44.4. The van der Waals surface area contributed by atoms with E-state index in [0.717, 1.165) is 64.2 Å². The molecule has 0 aliphatic rings. The van der Waals surface area contributed by atoms with Crippen LogP contribution in [0.3, 0.4) is 0 Å². The van der Waals surface area contributed by atoms with Crippen molar-refractivity contribution in [1.29, 1.82) is 0 Å². The van der Waals surface area contributed by atoms with Crippen LogP contribution in [0.15, 0.2) is 0 Å². The first kappa shape index (κ1) is 59.4. The number of carbonyl (C=O) groups is 3. The molecule has 0 aliphatic carbocycles. The lowest BCUT2D eigenvalue weighted by Crippen LogP contribution is -2.30. The highest BCUT2D eigenvalue weighted by Crippen LogP contribution is 2.17. The van der Waals surface area contributed by atoms with E-state index in [9.17, 15) is 14.4 Å². The van der Waals surface area contributed by atoms with E-state index in [0.29, 0.717) is 19.3 Å². The number of hydrogen-bond donors (Lipinski definition) is 0. The topological polar surface area (TPSA) is 78.9 Å². The van der Waals surface area contributed by atoms with Gasteiger partial charge < -0.3 is 14.2 Å². The molecule has 1 unspecified atom stereocenters. The third kappa shape index (κ3) is 49.3. The van der Waals surface area contributed by atoms with E-state index >= 15 is 0 Å². The normalized spacial score (nSPS) is 11.9. The molecule has 0 N–H and O–H groups in total. The van der Waals surface area contributed by atoms with E-state index in [2.05, 4.69) is 20.8 Å². The second-order valence-electron chi connectivity index (χ2n) is 18.9. The van der Waals surface area contributed by atoms with Gasteiger partial charge in [0, 0.05) is 19.3 Å². The fourth-order valence-corrected chi connectivity index (χ4v) is 8.45. The van der Waals surface area contributed by atoms with Crippen molar-refractivity contribution < 1.29 is 28.6 Å². The van der Waals surface area contributed by atoms with Gasteiger partial charge in [0.1, 0.15) is 13.2 Å². The maximum absolute atomic E-state index is 12.7. The third-order valence-corrected chi connectivity index (χ3v) is 12.6. The molecule has 0 saturated heterocycles. The Balaban J connectivity index is 4.03. The minimum Gasteiger partial charge on any atom is -0.462 e. The summed E-state index contributed by atoms with van der Waals surface area (Å²) in [6, 6.07) is 0. The van der Waals surface area contributed by atoms with E-state index in [1.54, 1.807) is 0 Å². The van der Waals surface area contributed by atoms with Gasteiger partial charge in [-0.1, -0.05) is 278 Å². The van der Waals surface area contributed by atoms with Crippen LogP contribution in [0.4, 0.5) is 0 Å². The average Bonchev–Trinajstić information content (AvgIpc) is 3.26. The first-order valence-corrected chi connectivity index (χ1v) is 27.5. The number of esters is 3. The Hall–Kier alpha value is -1.59. The van der Waals surface area contributed by atoms with Crippen LogP contribution in [0.2, 0.25) is 0 Å². The van der Waals surface area contributed by atoms with E-state index < -0.39 is 6.10 Å². The zero-order valence-corrected chi connectivity index (χ0v) is 41.5. The number of rotatable bonds is 51. The number of hydrogen-bond acceptors (Lipinski definition) is 6. The second-order valence-corrected chi connectivity index (χ2v) is 18.9. The van der Waals surface area contributed by atoms with Crippen molar-refractivity contribution in [2.24, 2.45) is 0 Å². The van der Waals surface area contributed by atoms with Crippen LogP contribution in [0.1, 0.15) is 316 Å². The van der Waals surface area contributed by atoms with Crippen LogP contribution >= 0.6 is 0 Å². The standard InChI is InChI=1S/C55H106O6/c1-4-7-10-13-15-17-19-21-23-25-26-27-28-29-30-32-33-35-37-39-42-45-48-54(57)60-51-52(50-59-53(56)47-44-41-12-9-6-3)61-55(58)49-46-43-40-38-36-34-31-24-22-20-18-16-14-11-8-5-2/h52H,4-51H2,1-3H3. The predicted molar refractivity (Wildman–Crippen MR) is 261 cm³/mol. The molecule has 362 valence electrons. The van der Waals surface area contributed by atoms with Gasteiger partial charge >= 0.3 is 17.9 Å². The number of unbranched alkanes of at least 4 members (excludes halogenated alkanes) is 40. The number of ether oxygens (including phenoxy) is 3. The molecule has 6 nitrogen and oxygen atoms in total. The lowest BCUT2D eigenvalue weighted by Gasteiger charge is -2.18. The maximum atomic E-state index is 12.7. The Labute approximate surface area is 380 Å². The van der Waals surface area contributed by atoms with Crippen molar-refractivity contribution in [2.45, 2.75) is 322 Å². The van der Waals surface area contributed by atoms with Crippen LogP contribution in [0.25, 0.3) is 0 Å². The van der Waals surface area contributed by atoms with Crippen molar-refractivity contribution in [1.82, 2.24) is 0 Å². The van der Waals surface area contributed by atoms with Gasteiger partial charge in [0.15, 0.2) is 6.10 Å². The molecule has 0 bridgehead atoms. The zero-order valence-electron chi connectivity index (χ0n) is 41.5. The van der Waals surface area contributed by atoms with Gasteiger partial charge in [-0.2, -0.15) is 0 Å². The molecule has 0 rings (SSSR count). The Morgan fingerprint density at radius 2 is 0.443 bits per heavy atom. The molecule has 6 heteroatoms. The lowest BCUT2D eigenvalue weighted by atomic mass is 10.0. The van der Waals surface area contributed by atoms with Crippen LogP contribution < -0.4 is 0 Å². The van der Waals surface area contributed by atoms with Gasteiger partial charge in [0.05, 0.1) is 0 Å². The van der Waals surface area contributed by atoms with Crippen molar-refractivity contribution in [3.8, 4) is 0 Å². The van der Waals surface area contributed by atoms with Crippen LogP contribution in [-0.2, 0) is 28.6 Å². The fourth-order valence-electron chi connectivity index (χ4n) is 8.45. The highest BCUT2D eigenvalue weighted by atomic mass is 16.6. The minimum atomic E-state index is -0.758. The molecular weight excluding hydrogens is 757 g/mol. The molecule has 0 radical (unpaired) electrons. The van der Waals surface area contributed by atoms with E-state index in [-0.39, 0.29) is 31.1 Å². The maximum Gasteiger partial charge on any atom is 0.306 e. The predicted octanol–water partition coefficient (Wildman–Crippen LogP) is 18.0. The Bertz CT molecular complexity index is 905. The van der Waals surface area contributed by atoms with Crippen LogP contribution in [0, 0.1) is 0 Å².